The van der Waals surface area contributed by atoms with Gasteiger partial charge in [-0.2, -0.15) is 0 Å². The number of rotatable bonds is 12. The molecule has 1 aromatic heterocycles. The molecule has 0 aliphatic carbocycles. The standard InChI is InChI=1S/C29H37BN4O9/c1-17(2)14-22(30-42-24(37)16-29(43-30,28(40)41-5)15-23(36)31-4)33-27(39)25(18(3)35)34-26(38)21-13-9-12-20(32-21)19-10-7-6-8-11-19/h6-13,17-18,22,25,35H,14-16H2,1-5H3,(H,31,36)(H,33,39)(H,34,38)/t18-,22+,25+,29-/m1/s1. The number of nitrogens with zero attached hydrogens (tertiary/aromatic N) is 1. The Bertz CT molecular complexity index is 1320. The highest BCUT2D eigenvalue weighted by atomic mass is 16.7. The summed E-state index contributed by atoms with van der Waals surface area (Å²) >= 11 is 0. The van der Waals surface area contributed by atoms with Crippen molar-refractivity contribution >= 4 is 36.8 Å². The lowest BCUT2D eigenvalue weighted by molar-refractivity contribution is -0.175. The molecule has 0 saturated carbocycles. The lowest BCUT2D eigenvalue weighted by Gasteiger charge is -2.39. The molecular formula is C29H37BN4O9. The molecule has 13 nitrogen and oxygen atoms in total. The number of benzene rings is 1. The van der Waals surface area contributed by atoms with Gasteiger partial charge in [0.2, 0.25) is 11.8 Å². The number of amides is 3. The van der Waals surface area contributed by atoms with Gasteiger partial charge in [-0.1, -0.05) is 50.2 Å². The smallest absolute Gasteiger partial charge is 0.508 e. The van der Waals surface area contributed by atoms with E-state index >= 15 is 0 Å². The van der Waals surface area contributed by atoms with E-state index in [4.69, 9.17) is 14.0 Å². The van der Waals surface area contributed by atoms with Crippen molar-refractivity contribution in [1.29, 1.82) is 0 Å². The molecule has 3 amide bonds. The quantitative estimate of drug-likeness (QED) is 0.202. The number of pyridine rings is 1. The van der Waals surface area contributed by atoms with Crippen LogP contribution in [-0.2, 0) is 33.2 Å². The lowest BCUT2D eigenvalue weighted by atomic mass is 9.70. The molecule has 1 aliphatic rings. The van der Waals surface area contributed by atoms with Crippen LogP contribution in [0.15, 0.2) is 48.5 Å². The molecular weight excluding hydrogens is 559 g/mol. The molecule has 1 aromatic carbocycles. The van der Waals surface area contributed by atoms with E-state index in [1.54, 1.807) is 12.1 Å². The van der Waals surface area contributed by atoms with E-state index in [0.717, 1.165) is 12.7 Å². The van der Waals surface area contributed by atoms with E-state index in [-0.39, 0.29) is 18.0 Å². The fourth-order valence-corrected chi connectivity index (χ4v) is 4.66. The molecule has 43 heavy (non-hydrogen) atoms. The van der Waals surface area contributed by atoms with Gasteiger partial charge in [0.25, 0.3) is 11.9 Å². The van der Waals surface area contributed by atoms with Crippen LogP contribution in [0.2, 0.25) is 0 Å². The monoisotopic (exact) mass is 596 g/mol. The summed E-state index contributed by atoms with van der Waals surface area (Å²) in [6, 6.07) is 12.7. The van der Waals surface area contributed by atoms with E-state index in [1.165, 1.54) is 20.0 Å². The number of nitrogens with one attached hydrogen (secondary N) is 3. The number of carbonyl (C=O) groups excluding carboxylic acids is 5. The molecule has 230 valence electrons. The van der Waals surface area contributed by atoms with Crippen LogP contribution in [0.25, 0.3) is 11.3 Å². The van der Waals surface area contributed by atoms with E-state index < -0.39 is 73.3 Å². The molecule has 0 bridgehead atoms. The minimum absolute atomic E-state index is 0.0279. The van der Waals surface area contributed by atoms with Crippen molar-refractivity contribution in [3.8, 4) is 11.3 Å². The average molecular weight is 596 g/mol. The second kappa shape index (κ2) is 14.7. The minimum Gasteiger partial charge on any atom is -0.508 e. The van der Waals surface area contributed by atoms with Crippen molar-refractivity contribution in [2.75, 3.05) is 14.2 Å². The van der Waals surface area contributed by atoms with Crippen LogP contribution < -0.4 is 16.0 Å². The van der Waals surface area contributed by atoms with E-state index in [0.29, 0.717) is 5.69 Å². The zero-order valence-electron chi connectivity index (χ0n) is 24.8. The highest BCUT2D eigenvalue weighted by molar-refractivity contribution is 6.50. The van der Waals surface area contributed by atoms with Crippen molar-refractivity contribution < 1.29 is 43.1 Å². The Balaban J connectivity index is 1.83. The van der Waals surface area contributed by atoms with Gasteiger partial charge in [-0.3, -0.25) is 19.2 Å². The number of hydrogen-bond donors (Lipinski definition) is 4. The van der Waals surface area contributed by atoms with Crippen molar-refractivity contribution in [3.05, 3.63) is 54.2 Å². The fourth-order valence-electron chi connectivity index (χ4n) is 4.66. The molecule has 1 aliphatic heterocycles. The van der Waals surface area contributed by atoms with Gasteiger partial charge >= 0.3 is 13.1 Å². The molecule has 0 spiro atoms. The van der Waals surface area contributed by atoms with Gasteiger partial charge in [0, 0.05) is 12.6 Å². The van der Waals surface area contributed by atoms with Crippen LogP contribution in [0, 0.1) is 5.92 Å². The summed E-state index contributed by atoms with van der Waals surface area (Å²) in [7, 11) is 0.983. The van der Waals surface area contributed by atoms with E-state index in [2.05, 4.69) is 20.9 Å². The molecule has 4 N–H and O–H groups in total. The summed E-state index contributed by atoms with van der Waals surface area (Å²) in [6.45, 7) is 5.03. The molecule has 4 atom stereocenters. The molecule has 3 rings (SSSR count). The van der Waals surface area contributed by atoms with Crippen molar-refractivity contribution in [2.24, 2.45) is 5.92 Å². The van der Waals surface area contributed by atoms with Crippen LogP contribution >= 0.6 is 0 Å². The fraction of sp³-hybridized carbons (Fsp3) is 0.448. The van der Waals surface area contributed by atoms with Crippen molar-refractivity contribution in [3.63, 3.8) is 0 Å². The first-order valence-electron chi connectivity index (χ1n) is 13.9. The number of aliphatic hydroxyl groups excluding tert-OH is 1. The Morgan fingerprint density at radius 3 is 2.37 bits per heavy atom. The maximum atomic E-state index is 13.5. The van der Waals surface area contributed by atoms with Crippen LogP contribution in [0.1, 0.15) is 50.5 Å². The molecule has 1 saturated heterocycles. The van der Waals surface area contributed by atoms with Gasteiger partial charge in [-0.05, 0) is 31.4 Å². The zero-order valence-corrected chi connectivity index (χ0v) is 24.8. The van der Waals surface area contributed by atoms with Crippen LogP contribution in [0.5, 0.6) is 0 Å². The summed E-state index contributed by atoms with van der Waals surface area (Å²) < 4.78 is 16.2. The SMILES string of the molecule is CNC(=O)C[C@]1(C(=O)OC)CC(=O)OB([C@H](CC(C)C)NC(=O)[C@@H](NC(=O)c2cccc(-c3ccccc3)n2)[C@@H](C)O)O1. The third-order valence-electron chi connectivity index (χ3n) is 6.79. The largest absolute Gasteiger partial charge is 0.552 e. The molecule has 1 fully saturated rings. The van der Waals surface area contributed by atoms with Crippen molar-refractivity contribution in [2.45, 2.75) is 63.7 Å². The summed E-state index contributed by atoms with van der Waals surface area (Å²) in [5.41, 5.74) is -0.618. The topological polar surface area (TPSA) is 182 Å². The highest BCUT2D eigenvalue weighted by Crippen LogP contribution is 2.31. The Kier molecular flexibility index (Phi) is 11.4. The Morgan fingerprint density at radius 1 is 1.07 bits per heavy atom. The third-order valence-corrected chi connectivity index (χ3v) is 6.79. The average Bonchev–Trinajstić information content (AvgIpc) is 2.98. The predicted molar refractivity (Wildman–Crippen MR) is 155 cm³/mol. The number of aromatic nitrogens is 1. The normalized spacial score (nSPS) is 18.6. The maximum Gasteiger partial charge on any atom is 0.552 e. The second-order valence-corrected chi connectivity index (χ2v) is 10.7. The highest BCUT2D eigenvalue weighted by Gasteiger charge is 2.55. The summed E-state index contributed by atoms with van der Waals surface area (Å²) in [5.74, 6) is -4.95. The Labute approximate surface area is 250 Å². The number of esters is 1. The summed E-state index contributed by atoms with van der Waals surface area (Å²) in [4.78, 5) is 68.7. The second-order valence-electron chi connectivity index (χ2n) is 10.7. The van der Waals surface area contributed by atoms with E-state index in [9.17, 15) is 29.1 Å². The molecule has 0 radical (unpaired) electrons. The predicted octanol–water partition coefficient (Wildman–Crippen LogP) is 0.798. The maximum absolute atomic E-state index is 13.5. The molecule has 2 aromatic rings. The van der Waals surface area contributed by atoms with Crippen LogP contribution in [-0.4, -0.2) is 84.7 Å². The van der Waals surface area contributed by atoms with Crippen LogP contribution in [0.4, 0.5) is 0 Å². The Morgan fingerprint density at radius 2 is 1.77 bits per heavy atom. The van der Waals surface area contributed by atoms with Gasteiger partial charge < -0.3 is 35.1 Å². The van der Waals surface area contributed by atoms with Gasteiger partial charge in [-0.25, -0.2) is 9.78 Å². The lowest BCUT2D eigenvalue weighted by Crippen LogP contribution is -2.64. The summed E-state index contributed by atoms with van der Waals surface area (Å²) in [5, 5.41) is 18.1. The number of aliphatic hydroxyl groups is 1. The van der Waals surface area contributed by atoms with Crippen LogP contribution in [0.3, 0.4) is 0 Å². The zero-order chi connectivity index (χ0) is 31.7. The van der Waals surface area contributed by atoms with Gasteiger partial charge in [0.15, 0.2) is 5.60 Å². The number of ether oxygens (including phenoxy) is 1. The first kappa shape index (κ1) is 33.2. The molecule has 2 heterocycles. The number of hydrogen-bond acceptors (Lipinski definition) is 10. The first-order chi connectivity index (χ1) is 20.4. The first-order valence-corrected chi connectivity index (χ1v) is 13.9. The Hall–Kier alpha value is -4.30. The molecule has 0 unspecified atom stereocenters. The third kappa shape index (κ3) is 8.61. The molecule has 14 heteroatoms. The van der Waals surface area contributed by atoms with Gasteiger partial charge in [0.05, 0.1) is 37.7 Å². The van der Waals surface area contributed by atoms with E-state index in [1.807, 2.05) is 44.2 Å². The van der Waals surface area contributed by atoms with Crippen molar-refractivity contribution in [1.82, 2.24) is 20.9 Å². The minimum atomic E-state index is -1.98. The summed E-state index contributed by atoms with van der Waals surface area (Å²) in [6.07, 6.45) is -2.22. The number of carbonyl (C=O) groups is 5. The number of methoxy groups -OCH3 is 1. The van der Waals surface area contributed by atoms with Gasteiger partial charge in [0.1, 0.15) is 11.7 Å². The van der Waals surface area contributed by atoms with Gasteiger partial charge in [-0.15, -0.1) is 0 Å².